The number of fused-ring (bicyclic) bond motifs is 1. The maximum absolute atomic E-state index is 12.8. The number of benzene rings is 2. The summed E-state index contributed by atoms with van der Waals surface area (Å²) in [5, 5.41) is 2.42. The van der Waals surface area contributed by atoms with Crippen LogP contribution in [0.2, 0.25) is 10.0 Å². The predicted molar refractivity (Wildman–Crippen MR) is 130 cm³/mol. The largest absolute Gasteiger partial charge is 0.452 e. The molecule has 2 aromatic rings. The molecule has 0 spiro atoms. The van der Waals surface area contributed by atoms with Crippen molar-refractivity contribution in [2.24, 2.45) is 11.8 Å². The lowest BCUT2D eigenvalue weighted by atomic mass is 9.80. The van der Waals surface area contributed by atoms with Crippen LogP contribution in [0.3, 0.4) is 0 Å². The minimum atomic E-state index is -0.737. The number of amides is 3. The van der Waals surface area contributed by atoms with Crippen molar-refractivity contribution in [3.05, 3.63) is 58.1 Å². The number of carbonyl (C=O) groups is 4. The molecule has 2 aromatic carbocycles. The highest BCUT2D eigenvalue weighted by Gasteiger charge is 2.52. The standard InChI is InChI=1S/C23H18Cl4N2O5/c24-16-6-3-12(7-17(16)25)28-20(30)10-34-23(33)11-1-4-13(5-2-11)29-21(31)14-8-18(26)19(27)9-15(14)22(29)32/h1-7,14-15,18-19H,8-10H2,(H,28,30)/t14-,15-,18+,19+/m1/s1. The van der Waals surface area contributed by atoms with E-state index in [1.54, 1.807) is 6.07 Å². The van der Waals surface area contributed by atoms with Gasteiger partial charge in [-0.3, -0.25) is 19.3 Å². The van der Waals surface area contributed by atoms with E-state index in [9.17, 15) is 19.2 Å². The van der Waals surface area contributed by atoms with Crippen LogP contribution < -0.4 is 10.2 Å². The Labute approximate surface area is 215 Å². The highest BCUT2D eigenvalue weighted by molar-refractivity contribution is 6.42. The summed E-state index contributed by atoms with van der Waals surface area (Å²) in [4.78, 5) is 51.2. The molecule has 1 saturated carbocycles. The third-order valence-corrected chi connectivity index (χ3v) is 7.64. The minimum Gasteiger partial charge on any atom is -0.452 e. The molecule has 7 nitrogen and oxygen atoms in total. The first-order valence-corrected chi connectivity index (χ1v) is 12.0. The van der Waals surface area contributed by atoms with E-state index in [0.29, 0.717) is 29.2 Å². The smallest absolute Gasteiger partial charge is 0.338 e. The van der Waals surface area contributed by atoms with Gasteiger partial charge in [-0.25, -0.2) is 4.79 Å². The molecular formula is C23H18Cl4N2O5. The average molecular weight is 544 g/mol. The summed E-state index contributed by atoms with van der Waals surface area (Å²) in [5.41, 5.74) is 0.904. The fraction of sp³-hybridized carbons (Fsp3) is 0.304. The molecule has 1 aliphatic carbocycles. The van der Waals surface area contributed by atoms with Gasteiger partial charge in [0.2, 0.25) is 11.8 Å². The molecule has 1 aliphatic heterocycles. The Balaban J connectivity index is 1.36. The highest BCUT2D eigenvalue weighted by atomic mass is 35.5. The molecule has 0 aromatic heterocycles. The lowest BCUT2D eigenvalue weighted by Crippen LogP contribution is -2.34. The van der Waals surface area contributed by atoms with E-state index in [-0.39, 0.29) is 33.2 Å². The zero-order chi connectivity index (χ0) is 24.6. The lowest BCUT2D eigenvalue weighted by molar-refractivity contribution is -0.122. The van der Waals surface area contributed by atoms with Crippen molar-refractivity contribution in [3.8, 4) is 0 Å². The molecular weight excluding hydrogens is 526 g/mol. The van der Waals surface area contributed by atoms with Gasteiger partial charge in [0.05, 0.1) is 43.9 Å². The first kappa shape index (κ1) is 24.8. The van der Waals surface area contributed by atoms with Crippen LogP contribution in [0, 0.1) is 11.8 Å². The van der Waals surface area contributed by atoms with E-state index in [2.05, 4.69) is 5.32 Å². The Kier molecular flexibility index (Phi) is 7.38. The SMILES string of the molecule is O=C(COC(=O)c1ccc(N2C(=O)[C@@H]3C[C@H](Cl)[C@@H](Cl)C[C@H]3C2=O)cc1)Nc1ccc(Cl)c(Cl)c1. The molecule has 4 atom stereocenters. The summed E-state index contributed by atoms with van der Waals surface area (Å²) in [6, 6.07) is 10.4. The third kappa shape index (κ3) is 5.03. The maximum atomic E-state index is 12.8. The summed E-state index contributed by atoms with van der Waals surface area (Å²) in [5.74, 6) is -2.93. The number of alkyl halides is 2. The molecule has 0 radical (unpaired) electrons. The van der Waals surface area contributed by atoms with Crippen LogP contribution in [0.15, 0.2) is 42.5 Å². The second kappa shape index (κ2) is 10.1. The Morgan fingerprint density at radius 1 is 0.912 bits per heavy atom. The molecule has 1 heterocycles. The van der Waals surface area contributed by atoms with Crippen molar-refractivity contribution in [1.82, 2.24) is 0 Å². The van der Waals surface area contributed by atoms with Crippen molar-refractivity contribution in [2.45, 2.75) is 23.6 Å². The van der Waals surface area contributed by atoms with Gasteiger partial charge >= 0.3 is 5.97 Å². The minimum absolute atomic E-state index is 0.157. The van der Waals surface area contributed by atoms with Gasteiger partial charge in [0.15, 0.2) is 6.61 Å². The van der Waals surface area contributed by atoms with E-state index >= 15 is 0 Å². The fourth-order valence-electron chi connectivity index (χ4n) is 4.08. The summed E-state index contributed by atoms with van der Waals surface area (Å²) < 4.78 is 5.04. The monoisotopic (exact) mass is 542 g/mol. The summed E-state index contributed by atoms with van der Waals surface area (Å²) in [6.45, 7) is -0.521. The number of rotatable bonds is 5. The molecule has 0 unspecified atom stereocenters. The van der Waals surface area contributed by atoms with Gasteiger partial charge in [0, 0.05) is 5.69 Å². The van der Waals surface area contributed by atoms with E-state index in [1.165, 1.54) is 36.4 Å². The second-order valence-electron chi connectivity index (χ2n) is 8.03. The van der Waals surface area contributed by atoms with Crippen LogP contribution in [0.25, 0.3) is 0 Å². The fourth-order valence-corrected chi connectivity index (χ4v) is 4.97. The van der Waals surface area contributed by atoms with Crippen molar-refractivity contribution in [1.29, 1.82) is 0 Å². The molecule has 2 fully saturated rings. The van der Waals surface area contributed by atoms with Crippen molar-refractivity contribution in [2.75, 3.05) is 16.8 Å². The number of hydrogen-bond acceptors (Lipinski definition) is 5. The molecule has 0 bridgehead atoms. The second-order valence-corrected chi connectivity index (χ2v) is 9.96. The Morgan fingerprint density at radius 2 is 1.50 bits per heavy atom. The topological polar surface area (TPSA) is 92.8 Å². The van der Waals surface area contributed by atoms with Gasteiger partial charge in [-0.1, -0.05) is 23.2 Å². The zero-order valence-corrected chi connectivity index (χ0v) is 20.5. The Bertz CT molecular complexity index is 1130. The van der Waals surface area contributed by atoms with Crippen molar-refractivity contribution < 1.29 is 23.9 Å². The summed E-state index contributed by atoms with van der Waals surface area (Å²) in [7, 11) is 0. The number of nitrogens with one attached hydrogen (secondary N) is 1. The predicted octanol–water partition coefficient (Wildman–Crippen LogP) is 4.90. The normalized spacial score (nSPS) is 24.1. The molecule has 1 N–H and O–H groups in total. The van der Waals surface area contributed by atoms with Gasteiger partial charge in [0.25, 0.3) is 5.91 Å². The highest BCUT2D eigenvalue weighted by Crippen LogP contribution is 2.43. The van der Waals surface area contributed by atoms with E-state index < -0.39 is 30.3 Å². The average Bonchev–Trinajstić information content (AvgIpc) is 3.04. The molecule has 2 aliphatic rings. The van der Waals surface area contributed by atoms with Gasteiger partial charge < -0.3 is 10.1 Å². The summed E-state index contributed by atoms with van der Waals surface area (Å²) >= 11 is 24.1. The molecule has 1 saturated heterocycles. The lowest BCUT2D eigenvalue weighted by Gasteiger charge is -2.28. The molecule has 4 rings (SSSR count). The van der Waals surface area contributed by atoms with Crippen molar-refractivity contribution in [3.63, 3.8) is 0 Å². The number of anilines is 2. The number of esters is 1. The number of imide groups is 1. The van der Waals surface area contributed by atoms with E-state index in [4.69, 9.17) is 51.1 Å². The zero-order valence-electron chi connectivity index (χ0n) is 17.5. The van der Waals surface area contributed by atoms with Gasteiger partial charge in [-0.05, 0) is 55.3 Å². The molecule has 178 valence electrons. The number of carbonyl (C=O) groups excluding carboxylic acids is 4. The Morgan fingerprint density at radius 3 is 2.06 bits per heavy atom. The number of nitrogens with zero attached hydrogens (tertiary/aromatic N) is 1. The van der Waals surface area contributed by atoms with Gasteiger partial charge in [0.1, 0.15) is 0 Å². The van der Waals surface area contributed by atoms with E-state index in [1.807, 2.05) is 0 Å². The van der Waals surface area contributed by atoms with Gasteiger partial charge in [-0.15, -0.1) is 23.2 Å². The van der Waals surface area contributed by atoms with Crippen LogP contribution >= 0.6 is 46.4 Å². The first-order valence-electron chi connectivity index (χ1n) is 10.3. The van der Waals surface area contributed by atoms with Crippen LogP contribution in [-0.4, -0.2) is 41.1 Å². The summed E-state index contributed by atoms with van der Waals surface area (Å²) in [6.07, 6.45) is 0.687. The number of ether oxygens (including phenoxy) is 1. The van der Waals surface area contributed by atoms with Gasteiger partial charge in [-0.2, -0.15) is 0 Å². The molecule has 3 amide bonds. The van der Waals surface area contributed by atoms with Crippen molar-refractivity contribution >= 4 is 81.5 Å². The maximum Gasteiger partial charge on any atom is 0.338 e. The van der Waals surface area contributed by atoms with Crippen LogP contribution in [0.4, 0.5) is 11.4 Å². The van der Waals surface area contributed by atoms with Crippen LogP contribution in [0.5, 0.6) is 0 Å². The third-order valence-electron chi connectivity index (χ3n) is 5.81. The number of halogens is 4. The van der Waals surface area contributed by atoms with Crippen LogP contribution in [0.1, 0.15) is 23.2 Å². The molecule has 34 heavy (non-hydrogen) atoms. The van der Waals surface area contributed by atoms with E-state index in [0.717, 1.165) is 4.90 Å². The Hall–Kier alpha value is -2.32. The first-order chi connectivity index (χ1) is 16.2. The molecule has 11 heteroatoms. The quantitative estimate of drug-likeness (QED) is 0.329. The van der Waals surface area contributed by atoms with Crippen LogP contribution in [-0.2, 0) is 19.1 Å². The number of hydrogen-bond donors (Lipinski definition) is 1.